The fraction of sp³-hybridized carbons (Fsp3) is 0. The molecule has 0 fully saturated rings. The van der Waals surface area contributed by atoms with E-state index in [2.05, 4.69) is 15.3 Å². The minimum atomic E-state index is 0.272. The van der Waals surface area contributed by atoms with Gasteiger partial charge in [-0.1, -0.05) is 16.8 Å². The summed E-state index contributed by atoms with van der Waals surface area (Å²) in [5, 5.41) is 9.07. The predicted molar refractivity (Wildman–Crippen MR) is 67.1 cm³/mol. The normalized spacial score (nSPS) is 10.7. The van der Waals surface area contributed by atoms with Gasteiger partial charge in [0.15, 0.2) is 6.29 Å². The fourth-order valence-corrected chi connectivity index (χ4v) is 1.97. The SMILES string of the molecule is O=Cc1cn(-c2ccc(Cl)c3cccnc23)nn1. The summed E-state index contributed by atoms with van der Waals surface area (Å²) < 4.78 is 1.51. The number of aromatic nitrogens is 4. The minimum absolute atomic E-state index is 0.272. The number of aldehydes is 1. The Morgan fingerprint density at radius 2 is 2.17 bits per heavy atom. The number of carbonyl (C=O) groups excluding carboxylic acids is 1. The Hall–Kier alpha value is -2.27. The van der Waals surface area contributed by atoms with Crippen LogP contribution >= 0.6 is 11.6 Å². The lowest BCUT2D eigenvalue weighted by Gasteiger charge is -2.05. The van der Waals surface area contributed by atoms with Crippen LogP contribution in [0, 0.1) is 0 Å². The molecule has 6 heteroatoms. The van der Waals surface area contributed by atoms with Crippen LogP contribution < -0.4 is 0 Å². The Bertz CT molecular complexity index is 738. The molecule has 0 saturated carbocycles. The Kier molecular flexibility index (Phi) is 2.53. The second-order valence-electron chi connectivity index (χ2n) is 3.67. The third-order valence-corrected chi connectivity index (χ3v) is 2.90. The molecule has 0 aliphatic heterocycles. The summed E-state index contributed by atoms with van der Waals surface area (Å²) in [5.74, 6) is 0. The van der Waals surface area contributed by atoms with Gasteiger partial charge in [-0.15, -0.1) is 5.10 Å². The van der Waals surface area contributed by atoms with Crippen LogP contribution in [0.5, 0.6) is 0 Å². The number of fused-ring (bicyclic) bond motifs is 1. The van der Waals surface area contributed by atoms with Gasteiger partial charge < -0.3 is 0 Å². The largest absolute Gasteiger partial charge is 0.296 e. The second kappa shape index (κ2) is 4.19. The van der Waals surface area contributed by atoms with E-state index in [1.165, 1.54) is 4.68 Å². The molecule has 0 bridgehead atoms. The van der Waals surface area contributed by atoms with Crippen molar-refractivity contribution in [3.05, 3.63) is 47.4 Å². The van der Waals surface area contributed by atoms with Gasteiger partial charge in [0.1, 0.15) is 5.69 Å². The Labute approximate surface area is 107 Å². The van der Waals surface area contributed by atoms with E-state index < -0.39 is 0 Å². The molecule has 1 aromatic carbocycles. The monoisotopic (exact) mass is 258 g/mol. The van der Waals surface area contributed by atoms with Crippen LogP contribution in [0.25, 0.3) is 16.6 Å². The van der Waals surface area contributed by atoms with Crippen molar-refractivity contribution in [2.75, 3.05) is 0 Å². The van der Waals surface area contributed by atoms with Crippen LogP contribution in [-0.4, -0.2) is 26.3 Å². The van der Waals surface area contributed by atoms with Gasteiger partial charge >= 0.3 is 0 Å². The third kappa shape index (κ3) is 1.65. The van der Waals surface area contributed by atoms with Crippen LogP contribution in [0.1, 0.15) is 10.5 Å². The van der Waals surface area contributed by atoms with E-state index in [1.54, 1.807) is 24.5 Å². The molecule has 3 rings (SSSR count). The molecule has 0 aliphatic rings. The van der Waals surface area contributed by atoms with E-state index in [4.69, 9.17) is 11.6 Å². The number of pyridine rings is 1. The van der Waals surface area contributed by atoms with Crippen molar-refractivity contribution in [2.24, 2.45) is 0 Å². The van der Waals surface area contributed by atoms with E-state index >= 15 is 0 Å². The molecule has 0 N–H and O–H groups in total. The third-order valence-electron chi connectivity index (χ3n) is 2.57. The molecule has 0 spiro atoms. The number of benzene rings is 1. The highest BCUT2D eigenvalue weighted by atomic mass is 35.5. The van der Waals surface area contributed by atoms with Crippen molar-refractivity contribution >= 4 is 28.8 Å². The molecule has 88 valence electrons. The molecule has 0 amide bonds. The van der Waals surface area contributed by atoms with Gasteiger partial charge in [-0.05, 0) is 24.3 Å². The Morgan fingerprint density at radius 3 is 2.94 bits per heavy atom. The van der Waals surface area contributed by atoms with E-state index in [9.17, 15) is 4.79 Å². The average Bonchev–Trinajstić information content (AvgIpc) is 2.88. The lowest BCUT2D eigenvalue weighted by atomic mass is 10.2. The molecule has 0 unspecified atom stereocenters. The lowest BCUT2D eigenvalue weighted by molar-refractivity contribution is 0.111. The van der Waals surface area contributed by atoms with Crippen molar-refractivity contribution in [1.29, 1.82) is 0 Å². The van der Waals surface area contributed by atoms with E-state index in [0.29, 0.717) is 16.8 Å². The van der Waals surface area contributed by atoms with Gasteiger partial charge in [0, 0.05) is 11.6 Å². The first-order chi connectivity index (χ1) is 8.79. The zero-order valence-electron chi connectivity index (χ0n) is 9.12. The Balaban J connectivity index is 2.29. The van der Waals surface area contributed by atoms with E-state index in [1.807, 2.05) is 12.1 Å². The van der Waals surface area contributed by atoms with Crippen molar-refractivity contribution in [3.8, 4) is 5.69 Å². The van der Waals surface area contributed by atoms with Gasteiger partial charge in [-0.3, -0.25) is 9.78 Å². The summed E-state index contributed by atoms with van der Waals surface area (Å²) in [6.07, 6.45) is 3.87. The quantitative estimate of drug-likeness (QED) is 0.662. The number of nitrogens with zero attached hydrogens (tertiary/aromatic N) is 4. The molecule has 0 saturated heterocycles. The van der Waals surface area contributed by atoms with E-state index in [0.717, 1.165) is 11.1 Å². The number of hydrogen-bond acceptors (Lipinski definition) is 4. The average molecular weight is 259 g/mol. The van der Waals surface area contributed by atoms with Crippen LogP contribution in [0.4, 0.5) is 0 Å². The van der Waals surface area contributed by atoms with Crippen molar-refractivity contribution in [2.45, 2.75) is 0 Å². The summed E-state index contributed by atoms with van der Waals surface area (Å²) in [6.45, 7) is 0. The molecule has 18 heavy (non-hydrogen) atoms. The summed E-state index contributed by atoms with van der Waals surface area (Å²) >= 11 is 6.11. The van der Waals surface area contributed by atoms with Gasteiger partial charge in [0.05, 0.1) is 22.4 Å². The maximum absolute atomic E-state index is 10.6. The maximum atomic E-state index is 10.6. The first kappa shape index (κ1) is 10.9. The fourth-order valence-electron chi connectivity index (χ4n) is 1.76. The molecule has 3 aromatic rings. The predicted octanol–water partition coefficient (Wildman–Crippen LogP) is 2.28. The van der Waals surface area contributed by atoms with Crippen LogP contribution in [0.3, 0.4) is 0 Å². The lowest BCUT2D eigenvalue weighted by Crippen LogP contribution is -1.97. The summed E-state index contributed by atoms with van der Waals surface area (Å²) in [7, 11) is 0. The first-order valence-corrected chi connectivity index (χ1v) is 5.58. The second-order valence-corrected chi connectivity index (χ2v) is 4.08. The standard InChI is InChI=1S/C12H7ClN4O/c13-10-3-4-11(12-9(10)2-1-5-14-12)17-6-8(7-18)15-16-17/h1-7H. The molecule has 5 nitrogen and oxygen atoms in total. The maximum Gasteiger partial charge on any atom is 0.171 e. The minimum Gasteiger partial charge on any atom is -0.296 e. The molecule has 0 radical (unpaired) electrons. The smallest absolute Gasteiger partial charge is 0.171 e. The molecule has 0 aliphatic carbocycles. The zero-order chi connectivity index (χ0) is 12.5. The van der Waals surface area contributed by atoms with Crippen LogP contribution in [0.15, 0.2) is 36.7 Å². The Morgan fingerprint density at radius 1 is 1.28 bits per heavy atom. The van der Waals surface area contributed by atoms with Crippen LogP contribution in [-0.2, 0) is 0 Å². The highest BCUT2D eigenvalue weighted by molar-refractivity contribution is 6.35. The van der Waals surface area contributed by atoms with Gasteiger partial charge in [0.25, 0.3) is 0 Å². The van der Waals surface area contributed by atoms with Gasteiger partial charge in [-0.2, -0.15) is 0 Å². The van der Waals surface area contributed by atoms with Crippen molar-refractivity contribution < 1.29 is 4.79 Å². The van der Waals surface area contributed by atoms with Crippen molar-refractivity contribution in [1.82, 2.24) is 20.0 Å². The number of hydrogen-bond donors (Lipinski definition) is 0. The van der Waals surface area contributed by atoms with Gasteiger partial charge in [0.2, 0.25) is 0 Å². The highest BCUT2D eigenvalue weighted by Gasteiger charge is 2.09. The molecule has 2 aromatic heterocycles. The summed E-state index contributed by atoms with van der Waals surface area (Å²) in [4.78, 5) is 14.9. The van der Waals surface area contributed by atoms with E-state index in [-0.39, 0.29) is 5.69 Å². The molecular formula is C12H7ClN4O. The topological polar surface area (TPSA) is 60.7 Å². The number of rotatable bonds is 2. The van der Waals surface area contributed by atoms with Crippen molar-refractivity contribution in [3.63, 3.8) is 0 Å². The molecule has 0 atom stereocenters. The number of halogens is 1. The van der Waals surface area contributed by atoms with Crippen LogP contribution in [0.2, 0.25) is 5.02 Å². The molecular weight excluding hydrogens is 252 g/mol. The zero-order valence-corrected chi connectivity index (χ0v) is 9.87. The highest BCUT2D eigenvalue weighted by Crippen LogP contribution is 2.26. The summed E-state index contributed by atoms with van der Waals surface area (Å²) in [6, 6.07) is 7.26. The summed E-state index contributed by atoms with van der Waals surface area (Å²) in [5.41, 5.74) is 1.72. The first-order valence-electron chi connectivity index (χ1n) is 5.21. The number of carbonyl (C=O) groups is 1. The van der Waals surface area contributed by atoms with Gasteiger partial charge in [-0.25, -0.2) is 4.68 Å². The molecule has 2 heterocycles.